The van der Waals surface area contributed by atoms with Crippen molar-refractivity contribution in [1.29, 1.82) is 0 Å². The number of hydrogen-bond acceptors (Lipinski definition) is 2. The molecular weight excluding hydrogens is 200 g/mol. The van der Waals surface area contributed by atoms with Gasteiger partial charge in [0.15, 0.2) is 5.79 Å². The van der Waals surface area contributed by atoms with Crippen LogP contribution < -0.4 is 0 Å². The molecule has 3 fully saturated rings. The first kappa shape index (κ1) is 11.0. The zero-order valence-corrected chi connectivity index (χ0v) is 11.0. The highest BCUT2D eigenvalue weighted by atomic mass is 16.7. The highest BCUT2D eigenvalue weighted by Gasteiger charge is 2.63. The first-order valence-corrected chi connectivity index (χ1v) is 6.69. The molecule has 2 bridgehead atoms. The van der Waals surface area contributed by atoms with Crippen LogP contribution in [0.5, 0.6) is 0 Å². The van der Waals surface area contributed by atoms with Gasteiger partial charge in [-0.05, 0) is 51.4 Å². The molecule has 0 aromatic carbocycles. The molecule has 2 aliphatic carbocycles. The Morgan fingerprint density at radius 1 is 1.06 bits per heavy atom. The number of rotatable bonds is 0. The van der Waals surface area contributed by atoms with E-state index in [4.69, 9.17) is 9.47 Å². The predicted molar refractivity (Wildman–Crippen MR) is 63.1 cm³/mol. The maximum Gasteiger partial charge on any atom is 0.163 e. The van der Waals surface area contributed by atoms with Crippen LogP contribution in [0.4, 0.5) is 0 Å². The molecule has 0 radical (unpaired) electrons. The Hall–Kier alpha value is -0.0800. The van der Waals surface area contributed by atoms with Crippen molar-refractivity contribution in [2.45, 2.75) is 64.8 Å². The summed E-state index contributed by atoms with van der Waals surface area (Å²) in [4.78, 5) is 0. The highest BCUT2D eigenvalue weighted by molar-refractivity contribution is 5.11. The lowest BCUT2D eigenvalue weighted by molar-refractivity contribution is -0.364. The van der Waals surface area contributed by atoms with Gasteiger partial charge in [-0.2, -0.15) is 0 Å². The van der Waals surface area contributed by atoms with Gasteiger partial charge in [0.25, 0.3) is 0 Å². The average molecular weight is 224 g/mol. The molecule has 0 amide bonds. The van der Waals surface area contributed by atoms with Gasteiger partial charge in [0.1, 0.15) is 0 Å². The van der Waals surface area contributed by atoms with Gasteiger partial charge in [-0.15, -0.1) is 0 Å². The van der Waals surface area contributed by atoms with Crippen LogP contribution in [-0.2, 0) is 9.47 Å². The fraction of sp³-hybridized carbons (Fsp3) is 1.00. The van der Waals surface area contributed by atoms with Gasteiger partial charge in [0.05, 0.1) is 12.2 Å². The minimum Gasteiger partial charge on any atom is -0.350 e. The molecular formula is C14H24O2. The zero-order valence-electron chi connectivity index (χ0n) is 11.0. The number of fused-ring (bicyclic) bond motifs is 3. The molecule has 1 spiro atoms. The first-order chi connectivity index (χ1) is 7.35. The minimum atomic E-state index is -0.389. The fourth-order valence-corrected chi connectivity index (χ4v) is 4.32. The van der Waals surface area contributed by atoms with Crippen molar-refractivity contribution in [2.24, 2.45) is 17.3 Å². The lowest BCUT2D eigenvalue weighted by Gasteiger charge is -2.56. The summed E-state index contributed by atoms with van der Waals surface area (Å²) in [6, 6.07) is 0. The van der Waals surface area contributed by atoms with E-state index >= 15 is 0 Å². The van der Waals surface area contributed by atoms with Crippen molar-refractivity contribution in [1.82, 2.24) is 0 Å². The van der Waals surface area contributed by atoms with E-state index in [9.17, 15) is 0 Å². The van der Waals surface area contributed by atoms with Gasteiger partial charge < -0.3 is 9.47 Å². The van der Waals surface area contributed by atoms with Crippen molar-refractivity contribution < 1.29 is 9.47 Å². The predicted octanol–water partition coefficient (Wildman–Crippen LogP) is 3.35. The Morgan fingerprint density at radius 3 is 2.38 bits per heavy atom. The summed E-state index contributed by atoms with van der Waals surface area (Å²) in [5.41, 5.74) is 0.264. The normalized spacial score (nSPS) is 48.8. The Kier molecular flexibility index (Phi) is 2.09. The third-order valence-electron chi connectivity index (χ3n) is 5.15. The van der Waals surface area contributed by atoms with Gasteiger partial charge in [0, 0.05) is 5.41 Å². The molecule has 0 N–H and O–H groups in total. The van der Waals surface area contributed by atoms with Gasteiger partial charge in [-0.3, -0.25) is 0 Å². The molecule has 92 valence electrons. The quantitative estimate of drug-likeness (QED) is 0.628. The lowest BCUT2D eigenvalue weighted by Crippen LogP contribution is -2.61. The molecule has 2 heteroatoms. The second kappa shape index (κ2) is 3.02. The first-order valence-electron chi connectivity index (χ1n) is 6.69. The third-order valence-corrected chi connectivity index (χ3v) is 5.15. The number of ether oxygens (including phenoxy) is 2. The second-order valence-corrected chi connectivity index (χ2v) is 7.14. The Morgan fingerprint density at radius 2 is 1.81 bits per heavy atom. The molecule has 3 aliphatic rings. The van der Waals surface area contributed by atoms with Crippen LogP contribution in [0, 0.1) is 17.3 Å². The van der Waals surface area contributed by atoms with Crippen LogP contribution in [0.15, 0.2) is 0 Å². The van der Waals surface area contributed by atoms with E-state index in [-0.39, 0.29) is 16.8 Å². The fourth-order valence-electron chi connectivity index (χ4n) is 4.32. The van der Waals surface area contributed by atoms with Gasteiger partial charge in [0.2, 0.25) is 0 Å². The molecule has 3 atom stereocenters. The van der Waals surface area contributed by atoms with Gasteiger partial charge >= 0.3 is 0 Å². The van der Waals surface area contributed by atoms with E-state index in [0.29, 0.717) is 0 Å². The number of hydrogen-bond donors (Lipinski definition) is 0. The van der Waals surface area contributed by atoms with Gasteiger partial charge in [-0.1, -0.05) is 13.8 Å². The summed E-state index contributed by atoms with van der Waals surface area (Å²) >= 11 is 0. The van der Waals surface area contributed by atoms with E-state index in [2.05, 4.69) is 27.7 Å². The van der Waals surface area contributed by atoms with Crippen molar-refractivity contribution in [3.63, 3.8) is 0 Å². The Balaban J connectivity index is 1.96. The summed E-state index contributed by atoms with van der Waals surface area (Å²) in [7, 11) is 0. The van der Waals surface area contributed by atoms with Crippen LogP contribution in [0.2, 0.25) is 0 Å². The minimum absolute atomic E-state index is 0.0949. The van der Waals surface area contributed by atoms with E-state index in [0.717, 1.165) is 18.4 Å². The molecule has 2 saturated carbocycles. The van der Waals surface area contributed by atoms with E-state index in [1.165, 1.54) is 25.7 Å². The topological polar surface area (TPSA) is 18.5 Å². The molecule has 1 aliphatic heterocycles. The summed E-state index contributed by atoms with van der Waals surface area (Å²) in [5, 5.41) is 0. The van der Waals surface area contributed by atoms with Crippen LogP contribution in [-0.4, -0.2) is 18.0 Å². The second-order valence-electron chi connectivity index (χ2n) is 7.14. The van der Waals surface area contributed by atoms with Crippen molar-refractivity contribution in [3.05, 3.63) is 0 Å². The molecule has 3 unspecified atom stereocenters. The SMILES string of the molecule is CC1(C)OCC(C)(C)C2(CC3CCC2C3)O1. The Labute approximate surface area is 98.7 Å². The van der Waals surface area contributed by atoms with E-state index < -0.39 is 0 Å². The van der Waals surface area contributed by atoms with Crippen LogP contribution in [0.25, 0.3) is 0 Å². The summed E-state index contributed by atoms with van der Waals surface area (Å²) in [6.45, 7) is 9.61. The lowest BCUT2D eigenvalue weighted by atomic mass is 9.65. The smallest absolute Gasteiger partial charge is 0.163 e. The largest absolute Gasteiger partial charge is 0.350 e. The maximum absolute atomic E-state index is 6.45. The average Bonchev–Trinajstić information content (AvgIpc) is 2.73. The maximum atomic E-state index is 6.45. The van der Waals surface area contributed by atoms with Crippen LogP contribution in [0.3, 0.4) is 0 Å². The molecule has 1 heterocycles. The van der Waals surface area contributed by atoms with Gasteiger partial charge in [-0.25, -0.2) is 0 Å². The molecule has 1 saturated heterocycles. The molecule has 16 heavy (non-hydrogen) atoms. The van der Waals surface area contributed by atoms with E-state index in [1.54, 1.807) is 0 Å². The summed E-state index contributed by atoms with van der Waals surface area (Å²) < 4.78 is 12.3. The summed E-state index contributed by atoms with van der Waals surface area (Å²) in [5.74, 6) is 1.30. The van der Waals surface area contributed by atoms with Crippen molar-refractivity contribution >= 4 is 0 Å². The summed E-state index contributed by atoms with van der Waals surface area (Å²) in [6.07, 6.45) is 5.44. The van der Waals surface area contributed by atoms with Crippen LogP contribution >= 0.6 is 0 Å². The molecule has 0 aromatic rings. The monoisotopic (exact) mass is 224 g/mol. The van der Waals surface area contributed by atoms with Crippen LogP contribution in [0.1, 0.15) is 53.4 Å². The van der Waals surface area contributed by atoms with Crippen molar-refractivity contribution in [2.75, 3.05) is 6.61 Å². The zero-order chi connectivity index (χ0) is 11.6. The van der Waals surface area contributed by atoms with Crippen molar-refractivity contribution in [3.8, 4) is 0 Å². The van der Waals surface area contributed by atoms with E-state index in [1.807, 2.05) is 0 Å². The Bertz CT molecular complexity index is 308. The molecule has 2 nitrogen and oxygen atoms in total. The highest BCUT2D eigenvalue weighted by Crippen LogP contribution is 2.62. The molecule has 3 rings (SSSR count). The molecule has 0 aromatic heterocycles. The standard InChI is InChI=1S/C14H24O2/c1-12(2)9-15-13(3,4)16-14(12)8-10-5-6-11(14)7-10/h10-11H,5-9H2,1-4H3. The third kappa shape index (κ3) is 1.32.